The highest BCUT2D eigenvalue weighted by Crippen LogP contribution is 2.26. The third-order valence-corrected chi connectivity index (χ3v) is 5.41. The third-order valence-electron chi connectivity index (χ3n) is 4.12. The summed E-state index contributed by atoms with van der Waals surface area (Å²) in [7, 11) is -2.60. The number of amides is 1. The zero-order valence-electron chi connectivity index (χ0n) is 13.3. The molecule has 2 N–H and O–H groups in total. The second-order valence-electron chi connectivity index (χ2n) is 5.59. The molecule has 3 rings (SSSR count). The minimum atomic E-state index is -3.82. The number of carboxylic acids is 1. The summed E-state index contributed by atoms with van der Waals surface area (Å²) < 4.78 is 30.7. The summed E-state index contributed by atoms with van der Waals surface area (Å²) in [6.07, 6.45) is 0.180. The molecule has 25 heavy (non-hydrogen) atoms. The van der Waals surface area contributed by atoms with Crippen molar-refractivity contribution in [3.05, 3.63) is 53.3 Å². The van der Waals surface area contributed by atoms with Crippen molar-refractivity contribution in [3.8, 4) is 0 Å². The van der Waals surface area contributed by atoms with E-state index >= 15 is 0 Å². The Balaban J connectivity index is 1.94. The molecule has 1 amide bonds. The van der Waals surface area contributed by atoms with Crippen LogP contribution < -0.4 is 4.72 Å². The lowest BCUT2D eigenvalue weighted by Crippen LogP contribution is -2.48. The van der Waals surface area contributed by atoms with E-state index in [9.17, 15) is 23.1 Å². The average Bonchev–Trinajstić information content (AvgIpc) is 3.10. The second-order valence-corrected chi connectivity index (χ2v) is 7.40. The van der Waals surface area contributed by atoms with Gasteiger partial charge in [-0.15, -0.1) is 0 Å². The van der Waals surface area contributed by atoms with Crippen LogP contribution in [-0.2, 0) is 27.8 Å². The Hall–Kier alpha value is -2.65. The standard InChI is InChI=1S/C16H16N2O6S/c1-17-25(22,23)14-7-6-13(24-14)15(19)18-9-11-5-3-2-4-10(11)8-12(18)16(20)21/h2-7,12,17H,8-9H2,1H3,(H,20,21). The van der Waals surface area contributed by atoms with Crippen LogP contribution in [0.5, 0.6) is 0 Å². The number of rotatable bonds is 4. The normalized spacial score (nSPS) is 17.2. The maximum absolute atomic E-state index is 12.7. The molecule has 0 fully saturated rings. The molecule has 0 radical (unpaired) electrons. The molecule has 1 aliphatic rings. The number of aliphatic carboxylic acids is 1. The van der Waals surface area contributed by atoms with Crippen molar-refractivity contribution in [1.82, 2.24) is 9.62 Å². The van der Waals surface area contributed by atoms with E-state index in [1.54, 1.807) is 0 Å². The largest absolute Gasteiger partial charge is 0.480 e. The first-order valence-electron chi connectivity index (χ1n) is 7.47. The van der Waals surface area contributed by atoms with Gasteiger partial charge < -0.3 is 14.4 Å². The lowest BCUT2D eigenvalue weighted by molar-refractivity contribution is -0.142. The van der Waals surface area contributed by atoms with Gasteiger partial charge in [0.1, 0.15) is 6.04 Å². The number of nitrogens with zero attached hydrogens (tertiary/aromatic N) is 1. The van der Waals surface area contributed by atoms with Crippen LogP contribution in [0.25, 0.3) is 0 Å². The van der Waals surface area contributed by atoms with Crippen LogP contribution in [0, 0.1) is 0 Å². The number of nitrogens with one attached hydrogen (secondary N) is 1. The van der Waals surface area contributed by atoms with Crippen LogP contribution in [0.4, 0.5) is 0 Å². The predicted molar refractivity (Wildman–Crippen MR) is 86.4 cm³/mol. The van der Waals surface area contributed by atoms with Gasteiger partial charge in [-0.3, -0.25) is 4.79 Å². The van der Waals surface area contributed by atoms with Crippen molar-refractivity contribution in [2.75, 3.05) is 7.05 Å². The van der Waals surface area contributed by atoms with E-state index in [4.69, 9.17) is 4.42 Å². The number of fused-ring (bicyclic) bond motifs is 1. The zero-order chi connectivity index (χ0) is 18.2. The number of carbonyl (C=O) groups excluding carboxylic acids is 1. The molecular weight excluding hydrogens is 348 g/mol. The summed E-state index contributed by atoms with van der Waals surface area (Å²) in [5, 5.41) is 9.07. The van der Waals surface area contributed by atoms with Crippen LogP contribution >= 0.6 is 0 Å². The lowest BCUT2D eigenvalue weighted by atomic mass is 9.94. The molecule has 1 atom stereocenters. The number of hydrogen-bond donors (Lipinski definition) is 2. The lowest BCUT2D eigenvalue weighted by Gasteiger charge is -2.33. The molecule has 2 aromatic rings. The number of benzene rings is 1. The molecule has 1 aromatic heterocycles. The van der Waals surface area contributed by atoms with Crippen LogP contribution in [0.1, 0.15) is 21.7 Å². The molecule has 8 nitrogen and oxygen atoms in total. The van der Waals surface area contributed by atoms with Crippen LogP contribution in [-0.4, -0.2) is 43.4 Å². The van der Waals surface area contributed by atoms with Crippen LogP contribution in [0.2, 0.25) is 0 Å². The maximum Gasteiger partial charge on any atom is 0.326 e. The third kappa shape index (κ3) is 3.15. The quantitative estimate of drug-likeness (QED) is 0.830. The predicted octanol–water partition coefficient (Wildman–Crippen LogP) is 0.839. The minimum Gasteiger partial charge on any atom is -0.480 e. The van der Waals surface area contributed by atoms with Crippen molar-refractivity contribution in [2.24, 2.45) is 0 Å². The maximum atomic E-state index is 12.7. The number of hydrogen-bond acceptors (Lipinski definition) is 5. The van der Waals surface area contributed by atoms with Crippen LogP contribution in [0.15, 0.2) is 45.9 Å². The molecule has 1 aromatic carbocycles. The van der Waals surface area contributed by atoms with E-state index < -0.39 is 33.0 Å². The molecule has 1 aliphatic heterocycles. The summed E-state index contributed by atoms with van der Waals surface area (Å²) in [5.74, 6) is -2.02. The van der Waals surface area contributed by atoms with Gasteiger partial charge >= 0.3 is 5.97 Å². The Morgan fingerprint density at radius 3 is 2.52 bits per heavy atom. The molecule has 132 valence electrons. The number of sulfonamides is 1. The molecule has 0 bridgehead atoms. The van der Waals surface area contributed by atoms with E-state index in [0.29, 0.717) is 0 Å². The Kier molecular flexibility index (Phi) is 4.36. The minimum absolute atomic E-state index is 0.112. The summed E-state index contributed by atoms with van der Waals surface area (Å²) in [5.41, 5.74) is 1.72. The topological polar surface area (TPSA) is 117 Å². The van der Waals surface area contributed by atoms with Crippen molar-refractivity contribution < 1.29 is 27.5 Å². The number of carboxylic acid groups (broad SMARTS) is 1. The fourth-order valence-electron chi connectivity index (χ4n) is 2.78. The van der Waals surface area contributed by atoms with Crippen LogP contribution in [0.3, 0.4) is 0 Å². The fraction of sp³-hybridized carbons (Fsp3) is 0.250. The molecule has 0 spiro atoms. The molecular formula is C16H16N2O6S. The van der Waals surface area contributed by atoms with E-state index in [0.717, 1.165) is 17.2 Å². The fourth-order valence-corrected chi connectivity index (χ4v) is 3.43. The first kappa shape index (κ1) is 17.2. The van der Waals surface area contributed by atoms with Crippen molar-refractivity contribution in [2.45, 2.75) is 24.1 Å². The second kappa shape index (κ2) is 6.34. The van der Waals surface area contributed by atoms with E-state index in [1.807, 2.05) is 24.3 Å². The van der Waals surface area contributed by atoms with Gasteiger partial charge in [0.15, 0.2) is 5.76 Å². The van der Waals surface area contributed by atoms with E-state index in [2.05, 4.69) is 4.72 Å². The first-order chi connectivity index (χ1) is 11.8. The summed E-state index contributed by atoms with van der Waals surface area (Å²) in [6, 6.07) is 8.63. The van der Waals surface area contributed by atoms with Gasteiger partial charge in [0, 0.05) is 13.0 Å². The van der Waals surface area contributed by atoms with Crippen molar-refractivity contribution in [3.63, 3.8) is 0 Å². The summed E-state index contributed by atoms with van der Waals surface area (Å²) in [4.78, 5) is 25.5. The molecule has 0 saturated carbocycles. The highest BCUT2D eigenvalue weighted by Gasteiger charge is 2.36. The van der Waals surface area contributed by atoms with Gasteiger partial charge in [-0.25, -0.2) is 17.9 Å². The van der Waals surface area contributed by atoms with Gasteiger partial charge in [0.2, 0.25) is 5.09 Å². The Morgan fingerprint density at radius 1 is 1.20 bits per heavy atom. The van der Waals surface area contributed by atoms with Gasteiger partial charge in [0.05, 0.1) is 0 Å². The average molecular weight is 364 g/mol. The smallest absolute Gasteiger partial charge is 0.326 e. The highest BCUT2D eigenvalue weighted by molar-refractivity contribution is 7.89. The molecule has 0 aliphatic carbocycles. The monoisotopic (exact) mass is 364 g/mol. The van der Waals surface area contributed by atoms with Gasteiger partial charge in [0.25, 0.3) is 15.9 Å². The number of carbonyl (C=O) groups is 2. The molecule has 0 saturated heterocycles. The zero-order valence-corrected chi connectivity index (χ0v) is 14.1. The van der Waals surface area contributed by atoms with E-state index in [-0.39, 0.29) is 18.7 Å². The highest BCUT2D eigenvalue weighted by atomic mass is 32.2. The Bertz CT molecular complexity index is 934. The summed E-state index contributed by atoms with van der Waals surface area (Å²) >= 11 is 0. The summed E-state index contributed by atoms with van der Waals surface area (Å²) in [6.45, 7) is 0.112. The van der Waals surface area contributed by atoms with Gasteiger partial charge in [-0.05, 0) is 30.3 Å². The van der Waals surface area contributed by atoms with Gasteiger partial charge in [-0.2, -0.15) is 0 Å². The van der Waals surface area contributed by atoms with Crippen molar-refractivity contribution in [1.29, 1.82) is 0 Å². The van der Waals surface area contributed by atoms with Crippen molar-refractivity contribution >= 4 is 21.9 Å². The number of furan rings is 1. The Labute approximate surface area is 144 Å². The first-order valence-corrected chi connectivity index (χ1v) is 8.95. The molecule has 9 heteroatoms. The van der Waals surface area contributed by atoms with E-state index in [1.165, 1.54) is 18.0 Å². The van der Waals surface area contributed by atoms with Gasteiger partial charge in [-0.1, -0.05) is 24.3 Å². The molecule has 2 heterocycles. The SMILES string of the molecule is CNS(=O)(=O)c1ccc(C(=O)N2Cc3ccccc3CC2C(=O)O)o1. The Morgan fingerprint density at radius 2 is 1.88 bits per heavy atom. The molecule has 1 unspecified atom stereocenters.